The summed E-state index contributed by atoms with van der Waals surface area (Å²) in [7, 11) is 1.71. The number of nitrogens with zero attached hydrogens (tertiary/aromatic N) is 1. The SMILES string of the molecule is COc1ccc(C(C)C)cc1C.Cc1cccc2ccccc12.Cc1ccncc1. The maximum Gasteiger partial charge on any atom is 0.121 e. The molecule has 4 aromatic rings. The summed E-state index contributed by atoms with van der Waals surface area (Å²) >= 11 is 0. The maximum absolute atomic E-state index is 5.18. The first-order chi connectivity index (χ1) is 14.4. The molecule has 30 heavy (non-hydrogen) atoms. The maximum atomic E-state index is 5.18. The second-order valence-corrected chi connectivity index (χ2v) is 7.70. The van der Waals surface area contributed by atoms with E-state index in [0.717, 1.165) is 5.75 Å². The third kappa shape index (κ3) is 7.04. The average molecular weight is 400 g/mol. The molecule has 0 saturated carbocycles. The average Bonchev–Trinajstić information content (AvgIpc) is 2.75. The van der Waals surface area contributed by atoms with Crippen molar-refractivity contribution < 1.29 is 4.74 Å². The monoisotopic (exact) mass is 399 g/mol. The van der Waals surface area contributed by atoms with Crippen LogP contribution in [0.25, 0.3) is 10.8 Å². The molecule has 0 fully saturated rings. The van der Waals surface area contributed by atoms with Gasteiger partial charge in [0.25, 0.3) is 0 Å². The summed E-state index contributed by atoms with van der Waals surface area (Å²) in [5.74, 6) is 1.56. The molecule has 4 rings (SSSR count). The molecule has 3 aromatic carbocycles. The molecule has 0 amide bonds. The summed E-state index contributed by atoms with van der Waals surface area (Å²) < 4.78 is 5.18. The number of pyridine rings is 1. The number of methoxy groups -OCH3 is 1. The van der Waals surface area contributed by atoms with E-state index < -0.39 is 0 Å². The quantitative estimate of drug-likeness (QED) is 0.345. The first-order valence-corrected chi connectivity index (χ1v) is 10.4. The molecular weight excluding hydrogens is 366 g/mol. The van der Waals surface area contributed by atoms with Crippen molar-refractivity contribution in [1.29, 1.82) is 0 Å². The van der Waals surface area contributed by atoms with Crippen molar-refractivity contribution in [1.82, 2.24) is 4.98 Å². The Morgan fingerprint density at radius 3 is 1.93 bits per heavy atom. The second-order valence-electron chi connectivity index (χ2n) is 7.70. The van der Waals surface area contributed by atoms with Crippen LogP contribution in [0.2, 0.25) is 0 Å². The van der Waals surface area contributed by atoms with E-state index in [-0.39, 0.29) is 0 Å². The highest BCUT2D eigenvalue weighted by Crippen LogP contribution is 2.22. The minimum atomic E-state index is 0.592. The van der Waals surface area contributed by atoms with Crippen molar-refractivity contribution in [2.45, 2.75) is 40.5 Å². The van der Waals surface area contributed by atoms with Gasteiger partial charge in [-0.15, -0.1) is 0 Å². The molecule has 2 heteroatoms. The molecular formula is C28H33NO. The molecule has 0 aliphatic rings. The number of benzene rings is 3. The largest absolute Gasteiger partial charge is 0.496 e. The zero-order valence-corrected chi connectivity index (χ0v) is 19.0. The summed E-state index contributed by atoms with van der Waals surface area (Å²) in [5, 5.41) is 2.68. The minimum absolute atomic E-state index is 0.592. The summed E-state index contributed by atoms with van der Waals surface area (Å²) in [4.78, 5) is 3.85. The molecule has 0 spiro atoms. The lowest BCUT2D eigenvalue weighted by molar-refractivity contribution is 0.411. The molecule has 0 atom stereocenters. The molecule has 1 aromatic heterocycles. The Morgan fingerprint density at radius 1 is 0.733 bits per heavy atom. The smallest absolute Gasteiger partial charge is 0.121 e. The molecule has 2 nitrogen and oxygen atoms in total. The van der Waals surface area contributed by atoms with E-state index in [1.807, 2.05) is 25.1 Å². The van der Waals surface area contributed by atoms with E-state index in [4.69, 9.17) is 4.74 Å². The van der Waals surface area contributed by atoms with Gasteiger partial charge in [0.1, 0.15) is 5.75 Å². The van der Waals surface area contributed by atoms with Crippen LogP contribution in [-0.2, 0) is 0 Å². The standard InChI is InChI=1S/C11H16O.C11H10.C6H7N/c1-8(2)10-5-6-11(12-4)9(3)7-10;1-9-5-4-7-10-6-2-3-8-11(9)10;1-6-2-4-7-5-3-6/h5-8H,1-4H3;2-8H,1H3;2-5H,1H3. The minimum Gasteiger partial charge on any atom is -0.496 e. The van der Waals surface area contributed by atoms with Crippen LogP contribution in [-0.4, -0.2) is 12.1 Å². The highest BCUT2D eigenvalue weighted by Gasteiger charge is 2.02. The van der Waals surface area contributed by atoms with Crippen LogP contribution in [0, 0.1) is 20.8 Å². The molecule has 0 saturated heterocycles. The van der Waals surface area contributed by atoms with Gasteiger partial charge in [-0.05, 0) is 77.9 Å². The molecule has 1 heterocycles. The van der Waals surface area contributed by atoms with E-state index in [9.17, 15) is 0 Å². The van der Waals surface area contributed by atoms with Crippen molar-refractivity contribution >= 4 is 10.8 Å². The van der Waals surface area contributed by atoms with Gasteiger partial charge >= 0.3 is 0 Å². The zero-order valence-electron chi connectivity index (χ0n) is 19.0. The Kier molecular flexibility index (Phi) is 9.08. The summed E-state index contributed by atoms with van der Waals surface area (Å²) in [5.41, 5.74) is 5.19. The topological polar surface area (TPSA) is 22.1 Å². The van der Waals surface area contributed by atoms with Crippen LogP contribution in [0.3, 0.4) is 0 Å². The van der Waals surface area contributed by atoms with Crippen LogP contribution < -0.4 is 4.74 Å². The first-order valence-electron chi connectivity index (χ1n) is 10.4. The van der Waals surface area contributed by atoms with Crippen LogP contribution in [0.15, 0.2) is 85.2 Å². The predicted octanol–water partition coefficient (Wildman–Crippen LogP) is 7.67. The number of rotatable bonds is 2. The third-order valence-electron chi connectivity index (χ3n) is 4.94. The lowest BCUT2D eigenvalue weighted by Crippen LogP contribution is -1.91. The Bertz CT molecular complexity index is 1030. The van der Waals surface area contributed by atoms with Gasteiger partial charge in [0.2, 0.25) is 0 Å². The van der Waals surface area contributed by atoms with Crippen molar-refractivity contribution in [2.75, 3.05) is 7.11 Å². The normalized spacial score (nSPS) is 9.97. The van der Waals surface area contributed by atoms with E-state index in [1.54, 1.807) is 19.5 Å². The molecule has 0 aliphatic carbocycles. The van der Waals surface area contributed by atoms with Gasteiger partial charge in [-0.25, -0.2) is 0 Å². The highest BCUT2D eigenvalue weighted by atomic mass is 16.5. The van der Waals surface area contributed by atoms with Gasteiger partial charge in [0.15, 0.2) is 0 Å². The number of hydrogen-bond acceptors (Lipinski definition) is 2. The van der Waals surface area contributed by atoms with Crippen LogP contribution >= 0.6 is 0 Å². The molecule has 0 aliphatic heterocycles. The fraction of sp³-hybridized carbons (Fsp3) is 0.250. The molecule has 0 radical (unpaired) electrons. The third-order valence-corrected chi connectivity index (χ3v) is 4.94. The van der Waals surface area contributed by atoms with Gasteiger partial charge in [0.05, 0.1) is 7.11 Å². The summed E-state index contributed by atoms with van der Waals surface area (Å²) in [6.07, 6.45) is 3.57. The Labute approximate surface area is 181 Å². The fourth-order valence-corrected chi connectivity index (χ4v) is 3.07. The first kappa shape index (κ1) is 23.2. The van der Waals surface area contributed by atoms with Crippen molar-refractivity contribution in [2.24, 2.45) is 0 Å². The van der Waals surface area contributed by atoms with E-state index in [2.05, 4.69) is 87.3 Å². The van der Waals surface area contributed by atoms with Crippen LogP contribution in [0.4, 0.5) is 0 Å². The number of aryl methyl sites for hydroxylation is 3. The highest BCUT2D eigenvalue weighted by molar-refractivity contribution is 5.85. The lowest BCUT2D eigenvalue weighted by Gasteiger charge is -2.09. The number of aromatic nitrogens is 1. The summed E-state index contributed by atoms with van der Waals surface area (Å²) in [6, 6.07) is 25.1. The lowest BCUT2D eigenvalue weighted by atomic mass is 10.0. The predicted molar refractivity (Wildman–Crippen MR) is 129 cm³/mol. The van der Waals surface area contributed by atoms with Crippen molar-refractivity contribution in [3.05, 3.63) is 107 Å². The van der Waals surface area contributed by atoms with Gasteiger partial charge in [0, 0.05) is 12.4 Å². The zero-order chi connectivity index (χ0) is 21.9. The van der Waals surface area contributed by atoms with Crippen LogP contribution in [0.1, 0.15) is 42.0 Å². The number of hydrogen-bond donors (Lipinski definition) is 0. The van der Waals surface area contributed by atoms with E-state index in [0.29, 0.717) is 5.92 Å². The van der Waals surface area contributed by atoms with E-state index in [1.165, 1.54) is 33.0 Å². The number of ether oxygens (including phenoxy) is 1. The van der Waals surface area contributed by atoms with Gasteiger partial charge in [-0.1, -0.05) is 68.4 Å². The van der Waals surface area contributed by atoms with Crippen molar-refractivity contribution in [3.8, 4) is 5.75 Å². The molecule has 0 unspecified atom stereocenters. The Balaban J connectivity index is 0.000000166. The summed E-state index contributed by atoms with van der Waals surface area (Å²) in [6.45, 7) is 10.7. The number of fused-ring (bicyclic) bond motifs is 1. The van der Waals surface area contributed by atoms with Gasteiger partial charge < -0.3 is 4.74 Å². The molecule has 156 valence electrons. The van der Waals surface area contributed by atoms with Gasteiger partial charge in [-0.2, -0.15) is 0 Å². The second kappa shape index (κ2) is 11.8. The van der Waals surface area contributed by atoms with Crippen molar-refractivity contribution in [3.63, 3.8) is 0 Å². The Hall–Kier alpha value is -3.13. The molecule has 0 bridgehead atoms. The fourth-order valence-electron chi connectivity index (χ4n) is 3.07. The van der Waals surface area contributed by atoms with Crippen LogP contribution in [0.5, 0.6) is 5.75 Å². The van der Waals surface area contributed by atoms with E-state index >= 15 is 0 Å². The molecule has 0 N–H and O–H groups in total. The van der Waals surface area contributed by atoms with Gasteiger partial charge in [-0.3, -0.25) is 4.98 Å². The Morgan fingerprint density at radius 2 is 1.40 bits per heavy atom.